The van der Waals surface area contributed by atoms with Crippen molar-refractivity contribution in [3.63, 3.8) is 0 Å². The van der Waals surface area contributed by atoms with Crippen LogP contribution in [0.1, 0.15) is 19.8 Å². The summed E-state index contributed by atoms with van der Waals surface area (Å²) in [5, 5.41) is 4.94. The molecule has 1 N–H and O–H groups in total. The summed E-state index contributed by atoms with van der Waals surface area (Å²) >= 11 is 0. The summed E-state index contributed by atoms with van der Waals surface area (Å²) in [5.41, 5.74) is 2.35. The molecule has 0 amide bonds. The van der Waals surface area contributed by atoms with Crippen molar-refractivity contribution in [2.24, 2.45) is 5.92 Å². The molecule has 2 heterocycles. The second kappa shape index (κ2) is 4.74. The number of aromatic nitrogens is 1. The molecule has 2 aliphatic rings. The minimum Gasteiger partial charge on any atom is -0.365 e. The van der Waals surface area contributed by atoms with E-state index in [1.165, 1.54) is 23.9 Å². The molecular formula is C17H21N3. The lowest BCUT2D eigenvalue weighted by molar-refractivity contribution is 0.376. The lowest BCUT2D eigenvalue weighted by atomic mass is 10.1. The van der Waals surface area contributed by atoms with E-state index in [1.807, 2.05) is 12.3 Å². The SMILES string of the molecule is CC1CNC(C2CC2)CN1c1cnc2ccccc2c1. The zero-order valence-corrected chi connectivity index (χ0v) is 11.9. The number of fused-ring (bicyclic) bond motifs is 1. The molecule has 2 atom stereocenters. The van der Waals surface area contributed by atoms with Crippen molar-refractivity contribution < 1.29 is 0 Å². The molecule has 0 spiro atoms. The molecule has 2 aromatic rings. The van der Waals surface area contributed by atoms with Crippen molar-refractivity contribution in [3.8, 4) is 0 Å². The van der Waals surface area contributed by atoms with Crippen LogP contribution < -0.4 is 10.2 Å². The van der Waals surface area contributed by atoms with Crippen LogP contribution in [-0.2, 0) is 0 Å². The van der Waals surface area contributed by atoms with Crippen molar-refractivity contribution >= 4 is 16.6 Å². The third-order valence-electron chi connectivity index (χ3n) is 4.70. The van der Waals surface area contributed by atoms with Crippen LogP contribution in [-0.4, -0.2) is 30.2 Å². The Kier molecular flexibility index (Phi) is 2.88. The third kappa shape index (κ3) is 2.16. The van der Waals surface area contributed by atoms with E-state index in [4.69, 9.17) is 0 Å². The first-order valence-electron chi connectivity index (χ1n) is 7.66. The van der Waals surface area contributed by atoms with Crippen LogP contribution in [0, 0.1) is 5.92 Å². The van der Waals surface area contributed by atoms with Crippen LogP contribution in [0.2, 0.25) is 0 Å². The Morgan fingerprint density at radius 2 is 2.10 bits per heavy atom. The van der Waals surface area contributed by atoms with Crippen LogP contribution in [0.3, 0.4) is 0 Å². The van der Waals surface area contributed by atoms with Gasteiger partial charge in [0.05, 0.1) is 17.4 Å². The van der Waals surface area contributed by atoms with E-state index in [2.05, 4.69) is 46.4 Å². The van der Waals surface area contributed by atoms with Crippen molar-refractivity contribution in [2.45, 2.75) is 31.8 Å². The molecule has 3 heteroatoms. The molecule has 4 rings (SSSR count). The first-order chi connectivity index (χ1) is 9.81. The molecule has 1 aromatic carbocycles. The van der Waals surface area contributed by atoms with Gasteiger partial charge in [0.2, 0.25) is 0 Å². The van der Waals surface area contributed by atoms with Gasteiger partial charge >= 0.3 is 0 Å². The Bertz CT molecular complexity index is 620. The summed E-state index contributed by atoms with van der Waals surface area (Å²) in [6, 6.07) is 11.8. The van der Waals surface area contributed by atoms with E-state index >= 15 is 0 Å². The largest absolute Gasteiger partial charge is 0.365 e. The number of benzene rings is 1. The van der Waals surface area contributed by atoms with Gasteiger partial charge in [-0.05, 0) is 37.8 Å². The summed E-state index contributed by atoms with van der Waals surface area (Å²) in [6.45, 7) is 4.49. The molecule has 1 aliphatic heterocycles. The van der Waals surface area contributed by atoms with Gasteiger partial charge in [-0.1, -0.05) is 18.2 Å². The molecule has 20 heavy (non-hydrogen) atoms. The average Bonchev–Trinajstić information content (AvgIpc) is 3.32. The van der Waals surface area contributed by atoms with Gasteiger partial charge in [0, 0.05) is 30.6 Å². The highest BCUT2D eigenvalue weighted by Gasteiger charge is 2.36. The fraction of sp³-hybridized carbons (Fsp3) is 0.471. The van der Waals surface area contributed by atoms with E-state index in [0.29, 0.717) is 12.1 Å². The van der Waals surface area contributed by atoms with Crippen molar-refractivity contribution in [3.05, 3.63) is 36.5 Å². The molecule has 2 unspecified atom stereocenters. The summed E-state index contributed by atoms with van der Waals surface area (Å²) in [6.07, 6.45) is 4.83. The second-order valence-electron chi connectivity index (χ2n) is 6.24. The maximum atomic E-state index is 4.61. The zero-order valence-electron chi connectivity index (χ0n) is 11.9. The topological polar surface area (TPSA) is 28.2 Å². The first kappa shape index (κ1) is 12.2. The Balaban J connectivity index is 1.65. The minimum atomic E-state index is 0.535. The zero-order chi connectivity index (χ0) is 13.5. The highest BCUT2D eigenvalue weighted by Crippen LogP contribution is 2.35. The number of anilines is 1. The number of rotatable bonds is 2. The van der Waals surface area contributed by atoms with Gasteiger partial charge in [-0.15, -0.1) is 0 Å². The molecule has 0 radical (unpaired) electrons. The van der Waals surface area contributed by atoms with Crippen LogP contribution >= 0.6 is 0 Å². The van der Waals surface area contributed by atoms with Crippen molar-refractivity contribution in [1.82, 2.24) is 10.3 Å². The highest BCUT2D eigenvalue weighted by molar-refractivity contribution is 5.81. The fourth-order valence-electron chi connectivity index (χ4n) is 3.28. The van der Waals surface area contributed by atoms with Gasteiger partial charge in [0.25, 0.3) is 0 Å². The Morgan fingerprint density at radius 1 is 1.25 bits per heavy atom. The first-order valence-corrected chi connectivity index (χ1v) is 7.66. The van der Waals surface area contributed by atoms with E-state index < -0.39 is 0 Å². The minimum absolute atomic E-state index is 0.535. The van der Waals surface area contributed by atoms with Crippen LogP contribution in [0.4, 0.5) is 5.69 Å². The maximum Gasteiger partial charge on any atom is 0.0703 e. The van der Waals surface area contributed by atoms with Crippen LogP contribution in [0.15, 0.2) is 36.5 Å². The van der Waals surface area contributed by atoms with Crippen molar-refractivity contribution in [1.29, 1.82) is 0 Å². The average molecular weight is 267 g/mol. The Hall–Kier alpha value is -1.61. The van der Waals surface area contributed by atoms with Gasteiger partial charge in [-0.3, -0.25) is 4.98 Å². The molecular weight excluding hydrogens is 246 g/mol. The number of piperazine rings is 1. The van der Waals surface area contributed by atoms with Crippen molar-refractivity contribution in [2.75, 3.05) is 18.0 Å². The molecule has 3 nitrogen and oxygen atoms in total. The van der Waals surface area contributed by atoms with Gasteiger partial charge in [0.15, 0.2) is 0 Å². The maximum absolute atomic E-state index is 4.61. The number of nitrogens with one attached hydrogen (secondary N) is 1. The van der Waals surface area contributed by atoms with Crippen LogP contribution in [0.5, 0.6) is 0 Å². The quantitative estimate of drug-likeness (QED) is 0.907. The Morgan fingerprint density at radius 3 is 2.95 bits per heavy atom. The smallest absolute Gasteiger partial charge is 0.0703 e. The summed E-state index contributed by atoms with van der Waals surface area (Å²) in [4.78, 5) is 7.14. The summed E-state index contributed by atoms with van der Waals surface area (Å²) in [7, 11) is 0. The fourth-order valence-corrected chi connectivity index (χ4v) is 3.28. The lowest BCUT2D eigenvalue weighted by Crippen LogP contribution is -2.56. The van der Waals surface area contributed by atoms with E-state index in [0.717, 1.165) is 24.5 Å². The second-order valence-corrected chi connectivity index (χ2v) is 6.24. The Labute approximate surface area is 120 Å². The predicted molar refractivity (Wildman–Crippen MR) is 83.1 cm³/mol. The number of nitrogens with zero attached hydrogens (tertiary/aromatic N) is 2. The van der Waals surface area contributed by atoms with Crippen LogP contribution in [0.25, 0.3) is 10.9 Å². The van der Waals surface area contributed by atoms with E-state index in [1.54, 1.807) is 0 Å². The lowest BCUT2D eigenvalue weighted by Gasteiger charge is -2.40. The predicted octanol–water partition coefficient (Wildman–Crippen LogP) is 2.81. The normalized spacial score (nSPS) is 26.9. The molecule has 1 aromatic heterocycles. The van der Waals surface area contributed by atoms with Gasteiger partial charge in [-0.25, -0.2) is 0 Å². The highest BCUT2D eigenvalue weighted by atomic mass is 15.2. The van der Waals surface area contributed by atoms with E-state index in [-0.39, 0.29) is 0 Å². The molecule has 2 fully saturated rings. The van der Waals surface area contributed by atoms with E-state index in [9.17, 15) is 0 Å². The number of hydrogen-bond donors (Lipinski definition) is 1. The molecule has 1 saturated heterocycles. The third-order valence-corrected chi connectivity index (χ3v) is 4.70. The summed E-state index contributed by atoms with van der Waals surface area (Å²) in [5.74, 6) is 0.901. The molecule has 1 saturated carbocycles. The molecule has 104 valence electrons. The molecule has 0 bridgehead atoms. The molecule has 1 aliphatic carbocycles. The van der Waals surface area contributed by atoms with Gasteiger partial charge < -0.3 is 10.2 Å². The van der Waals surface area contributed by atoms with Gasteiger partial charge in [-0.2, -0.15) is 0 Å². The number of pyridine rings is 1. The standard InChI is InChI=1S/C17H21N3/c1-12-9-18-17(13-6-7-13)11-20(12)15-8-14-4-2-3-5-16(14)19-10-15/h2-5,8,10,12-13,17-18H,6-7,9,11H2,1H3. The van der Waals surface area contributed by atoms with Gasteiger partial charge in [0.1, 0.15) is 0 Å². The number of hydrogen-bond acceptors (Lipinski definition) is 3. The number of para-hydroxylation sites is 1. The summed E-state index contributed by atoms with van der Waals surface area (Å²) < 4.78 is 0. The monoisotopic (exact) mass is 267 g/mol.